The van der Waals surface area contributed by atoms with Gasteiger partial charge in [0.2, 0.25) is 0 Å². The first-order valence-electron chi connectivity index (χ1n) is 8.01. The number of carbonyl (C=O) groups is 2. The third-order valence-electron chi connectivity index (χ3n) is 4.64. The van der Waals surface area contributed by atoms with Crippen LogP contribution in [-0.4, -0.2) is 11.6 Å². The fraction of sp³-hybridized carbons (Fsp3) is 0.300. The summed E-state index contributed by atoms with van der Waals surface area (Å²) < 4.78 is 0.958. The maximum atomic E-state index is 12.7. The number of hydrogen-bond donors (Lipinski definition) is 0. The molecule has 1 aliphatic carbocycles. The third-order valence-corrected chi connectivity index (χ3v) is 5.17. The minimum absolute atomic E-state index is 0.0117. The molecule has 0 saturated heterocycles. The number of Topliss-reactive ketones (excluding diaryl/α,β-unsaturated/α-hetero) is 2. The molecule has 2 nitrogen and oxygen atoms in total. The van der Waals surface area contributed by atoms with E-state index in [9.17, 15) is 9.59 Å². The molecule has 0 unspecified atom stereocenters. The van der Waals surface area contributed by atoms with Crippen LogP contribution >= 0.6 is 15.9 Å². The lowest BCUT2D eigenvalue weighted by Gasteiger charge is -2.22. The Labute approximate surface area is 145 Å². The molecule has 2 atom stereocenters. The summed E-state index contributed by atoms with van der Waals surface area (Å²) in [5.74, 6) is 0.382. The summed E-state index contributed by atoms with van der Waals surface area (Å²) in [7, 11) is 0. The average molecular weight is 371 g/mol. The van der Waals surface area contributed by atoms with Gasteiger partial charge in [-0.2, -0.15) is 0 Å². The van der Waals surface area contributed by atoms with Gasteiger partial charge in [0.25, 0.3) is 0 Å². The van der Waals surface area contributed by atoms with Crippen LogP contribution in [0.15, 0.2) is 59.1 Å². The molecular weight excluding hydrogens is 352 g/mol. The molecule has 0 bridgehead atoms. The summed E-state index contributed by atoms with van der Waals surface area (Å²) in [6, 6.07) is 17.4. The van der Waals surface area contributed by atoms with Gasteiger partial charge in [-0.25, -0.2) is 0 Å². The Hall–Kier alpha value is -1.74. The van der Waals surface area contributed by atoms with Gasteiger partial charge in [-0.05, 0) is 30.5 Å². The lowest BCUT2D eigenvalue weighted by molar-refractivity contribution is -0.121. The lowest BCUT2D eigenvalue weighted by Crippen LogP contribution is -2.20. The Bertz CT molecular complexity index is 691. The third kappa shape index (κ3) is 3.78. The van der Waals surface area contributed by atoms with E-state index in [1.165, 1.54) is 0 Å². The van der Waals surface area contributed by atoms with E-state index in [1.807, 2.05) is 54.6 Å². The van der Waals surface area contributed by atoms with E-state index >= 15 is 0 Å². The summed E-state index contributed by atoms with van der Waals surface area (Å²) in [6.45, 7) is 0. The van der Waals surface area contributed by atoms with E-state index in [1.54, 1.807) is 0 Å². The van der Waals surface area contributed by atoms with Crippen molar-refractivity contribution in [1.29, 1.82) is 0 Å². The van der Waals surface area contributed by atoms with Crippen LogP contribution in [-0.2, 0) is 4.79 Å². The first-order valence-corrected chi connectivity index (χ1v) is 8.81. The lowest BCUT2D eigenvalue weighted by atomic mass is 9.80. The molecule has 0 N–H and O–H groups in total. The molecule has 0 spiro atoms. The normalized spacial score (nSPS) is 18.8. The Balaban J connectivity index is 1.85. The van der Waals surface area contributed by atoms with Crippen molar-refractivity contribution in [2.24, 2.45) is 5.92 Å². The summed E-state index contributed by atoms with van der Waals surface area (Å²) in [5.41, 5.74) is 1.80. The zero-order valence-electron chi connectivity index (χ0n) is 12.9. The van der Waals surface area contributed by atoms with Crippen molar-refractivity contribution in [3.05, 3.63) is 70.2 Å². The average Bonchev–Trinajstić information content (AvgIpc) is 2.99. The molecule has 118 valence electrons. The molecule has 2 aromatic rings. The van der Waals surface area contributed by atoms with Crippen LogP contribution in [0.2, 0.25) is 0 Å². The highest BCUT2D eigenvalue weighted by atomic mass is 79.9. The fourth-order valence-electron chi connectivity index (χ4n) is 3.41. The number of halogens is 1. The molecule has 3 heteroatoms. The Morgan fingerprint density at radius 2 is 1.78 bits per heavy atom. The van der Waals surface area contributed by atoms with Crippen molar-refractivity contribution in [3.63, 3.8) is 0 Å². The zero-order chi connectivity index (χ0) is 16.2. The van der Waals surface area contributed by atoms with Crippen molar-refractivity contribution >= 4 is 27.5 Å². The molecule has 3 rings (SSSR count). The predicted octanol–water partition coefficient (Wildman–Crippen LogP) is 5.17. The van der Waals surface area contributed by atoms with Crippen molar-refractivity contribution in [2.45, 2.75) is 31.6 Å². The van der Waals surface area contributed by atoms with Crippen LogP contribution in [0.5, 0.6) is 0 Å². The molecule has 0 aliphatic heterocycles. The highest BCUT2D eigenvalue weighted by molar-refractivity contribution is 9.10. The number of ketones is 2. The Kier molecular flexibility index (Phi) is 5.06. The molecule has 1 fully saturated rings. The molecule has 1 saturated carbocycles. The Morgan fingerprint density at radius 1 is 1.09 bits per heavy atom. The quantitative estimate of drug-likeness (QED) is 0.679. The summed E-state index contributed by atoms with van der Waals surface area (Å²) in [6.07, 6.45) is 2.88. The standard InChI is InChI=1S/C20H19BrO2/c21-16-11-9-15(10-12-16)20(23)13-18(14-5-2-1-3-6-14)17-7-4-8-19(17)22/h1-3,5-6,9-12,17-18H,4,7-8,13H2/t17-,18-/m1/s1. The fourth-order valence-corrected chi connectivity index (χ4v) is 3.68. The molecule has 0 amide bonds. The summed E-state index contributed by atoms with van der Waals surface area (Å²) in [5, 5.41) is 0. The number of benzene rings is 2. The first-order chi connectivity index (χ1) is 11.1. The highest BCUT2D eigenvalue weighted by Crippen LogP contribution is 2.38. The molecule has 2 aromatic carbocycles. The van der Waals surface area contributed by atoms with Gasteiger partial charge in [-0.3, -0.25) is 9.59 Å². The molecular formula is C20H19BrO2. The zero-order valence-corrected chi connectivity index (χ0v) is 14.5. The summed E-state index contributed by atoms with van der Waals surface area (Å²) >= 11 is 3.39. The molecule has 1 aliphatic rings. The van der Waals surface area contributed by atoms with E-state index in [-0.39, 0.29) is 17.6 Å². The van der Waals surface area contributed by atoms with Crippen LogP contribution < -0.4 is 0 Å². The molecule has 23 heavy (non-hydrogen) atoms. The van der Waals surface area contributed by atoms with Gasteiger partial charge in [-0.1, -0.05) is 58.4 Å². The minimum Gasteiger partial charge on any atom is -0.299 e. The SMILES string of the molecule is O=C(C[C@H](c1ccccc1)[C@H]1CCCC1=O)c1ccc(Br)cc1. The second-order valence-electron chi connectivity index (χ2n) is 6.12. The van der Waals surface area contributed by atoms with Crippen LogP contribution in [0.4, 0.5) is 0 Å². The smallest absolute Gasteiger partial charge is 0.163 e. The van der Waals surface area contributed by atoms with Crippen LogP contribution in [0, 0.1) is 5.92 Å². The van der Waals surface area contributed by atoms with Gasteiger partial charge in [-0.15, -0.1) is 0 Å². The van der Waals surface area contributed by atoms with Crippen molar-refractivity contribution in [2.75, 3.05) is 0 Å². The van der Waals surface area contributed by atoms with Gasteiger partial charge in [0.15, 0.2) is 5.78 Å². The van der Waals surface area contributed by atoms with Crippen molar-refractivity contribution < 1.29 is 9.59 Å². The second kappa shape index (κ2) is 7.22. The number of carbonyl (C=O) groups excluding carboxylic acids is 2. The van der Waals surface area contributed by atoms with Crippen molar-refractivity contribution in [3.8, 4) is 0 Å². The first kappa shape index (κ1) is 16.1. The van der Waals surface area contributed by atoms with E-state index < -0.39 is 0 Å². The van der Waals surface area contributed by atoms with Crippen LogP contribution in [0.25, 0.3) is 0 Å². The second-order valence-corrected chi connectivity index (χ2v) is 7.03. The van der Waals surface area contributed by atoms with Gasteiger partial charge < -0.3 is 0 Å². The topological polar surface area (TPSA) is 34.1 Å². The van der Waals surface area contributed by atoms with E-state index in [0.29, 0.717) is 24.2 Å². The highest BCUT2D eigenvalue weighted by Gasteiger charge is 2.34. The van der Waals surface area contributed by atoms with E-state index in [0.717, 1.165) is 22.9 Å². The maximum absolute atomic E-state index is 12.7. The van der Waals surface area contributed by atoms with Gasteiger partial charge in [0.05, 0.1) is 0 Å². The number of hydrogen-bond acceptors (Lipinski definition) is 2. The summed E-state index contributed by atoms with van der Waals surface area (Å²) in [4.78, 5) is 24.9. The monoisotopic (exact) mass is 370 g/mol. The number of rotatable bonds is 5. The molecule has 0 heterocycles. The largest absolute Gasteiger partial charge is 0.299 e. The van der Waals surface area contributed by atoms with Crippen LogP contribution in [0.1, 0.15) is 47.5 Å². The van der Waals surface area contributed by atoms with Gasteiger partial charge >= 0.3 is 0 Å². The van der Waals surface area contributed by atoms with E-state index in [2.05, 4.69) is 15.9 Å². The van der Waals surface area contributed by atoms with Crippen molar-refractivity contribution in [1.82, 2.24) is 0 Å². The predicted molar refractivity (Wildman–Crippen MR) is 94.6 cm³/mol. The Morgan fingerprint density at radius 3 is 2.39 bits per heavy atom. The van der Waals surface area contributed by atoms with E-state index in [4.69, 9.17) is 0 Å². The van der Waals surface area contributed by atoms with Gasteiger partial charge in [0, 0.05) is 34.7 Å². The van der Waals surface area contributed by atoms with Gasteiger partial charge in [0.1, 0.15) is 5.78 Å². The van der Waals surface area contributed by atoms with Crippen LogP contribution in [0.3, 0.4) is 0 Å². The molecule has 0 radical (unpaired) electrons. The maximum Gasteiger partial charge on any atom is 0.163 e. The molecule has 0 aromatic heterocycles. The minimum atomic E-state index is -0.0169.